The molecular weight excluding hydrogens is 190 g/mol. The second kappa shape index (κ2) is 2.92. The second-order valence-corrected chi connectivity index (χ2v) is 3.89. The Morgan fingerprint density at radius 3 is 3.15 bits per heavy atom. The third kappa shape index (κ3) is 1.35. The number of likely N-dealkylation sites (N-methyl/N-ethyl adjacent to an activating group) is 1. The van der Waals surface area contributed by atoms with Crippen molar-refractivity contribution in [3.63, 3.8) is 0 Å². The van der Waals surface area contributed by atoms with Gasteiger partial charge in [0.2, 0.25) is 0 Å². The normalized spacial score (nSPS) is 15.0. The first-order valence-corrected chi connectivity index (χ1v) is 4.71. The highest BCUT2D eigenvalue weighted by Crippen LogP contribution is 2.39. The maximum absolute atomic E-state index is 10.7. The average molecular weight is 199 g/mol. The van der Waals surface area contributed by atoms with Gasteiger partial charge in [0.05, 0.1) is 6.54 Å². The Balaban J connectivity index is 2.42. The predicted octanol–water partition coefficient (Wildman–Crippen LogP) is 1.27. The lowest BCUT2D eigenvalue weighted by Crippen LogP contribution is -2.27. The van der Waals surface area contributed by atoms with Crippen LogP contribution in [-0.2, 0) is 0 Å². The Hall–Kier alpha value is -1.23. The summed E-state index contributed by atoms with van der Waals surface area (Å²) in [5.74, 6) is -0.201. The molecule has 2 rings (SSSR count). The molecule has 0 saturated carbocycles. The molecule has 4 nitrogen and oxygen atoms in total. The highest BCUT2D eigenvalue weighted by atomic mass is 32.1. The minimum absolute atomic E-state index is 0.332. The molecule has 0 spiro atoms. The number of rotatable bonds is 1. The third-order valence-electron chi connectivity index (χ3n) is 1.92. The van der Waals surface area contributed by atoms with Crippen molar-refractivity contribution in [3.8, 4) is 5.75 Å². The number of ether oxygens (including phenoxy) is 1. The van der Waals surface area contributed by atoms with E-state index in [9.17, 15) is 4.79 Å². The molecule has 1 aromatic heterocycles. The van der Waals surface area contributed by atoms with Gasteiger partial charge in [-0.25, -0.2) is 4.79 Å². The molecule has 0 amide bonds. The van der Waals surface area contributed by atoms with Gasteiger partial charge in [-0.05, 0) is 0 Å². The number of nitrogens with zero attached hydrogens (tertiary/aromatic N) is 1. The first-order valence-electron chi connectivity index (χ1n) is 3.89. The Morgan fingerprint density at radius 2 is 2.54 bits per heavy atom. The van der Waals surface area contributed by atoms with Crippen molar-refractivity contribution in [1.29, 1.82) is 0 Å². The van der Waals surface area contributed by atoms with Gasteiger partial charge in [-0.15, -0.1) is 11.3 Å². The molecule has 1 aliphatic heterocycles. The maximum atomic E-state index is 10.7. The first kappa shape index (κ1) is 8.37. The van der Waals surface area contributed by atoms with Gasteiger partial charge in [0.1, 0.15) is 16.5 Å². The molecule has 0 radical (unpaired) electrons. The summed E-state index contributed by atoms with van der Waals surface area (Å²) in [5.41, 5.74) is 0. The molecule has 1 aromatic rings. The van der Waals surface area contributed by atoms with E-state index in [-0.39, 0.29) is 0 Å². The largest absolute Gasteiger partial charge is 0.489 e. The van der Waals surface area contributed by atoms with Crippen LogP contribution < -0.4 is 9.64 Å². The van der Waals surface area contributed by atoms with Gasteiger partial charge in [-0.2, -0.15) is 0 Å². The van der Waals surface area contributed by atoms with Crippen LogP contribution in [0.3, 0.4) is 0 Å². The fourth-order valence-corrected chi connectivity index (χ4v) is 2.16. The Kier molecular flexibility index (Phi) is 1.88. The van der Waals surface area contributed by atoms with Gasteiger partial charge < -0.3 is 14.7 Å². The van der Waals surface area contributed by atoms with Crippen molar-refractivity contribution < 1.29 is 14.6 Å². The SMILES string of the molecule is CN1CCOc2cc(C(=O)O)sc21. The van der Waals surface area contributed by atoms with Gasteiger partial charge in [0.15, 0.2) is 5.75 Å². The van der Waals surface area contributed by atoms with E-state index in [1.54, 1.807) is 6.07 Å². The number of fused-ring (bicyclic) bond motifs is 1. The van der Waals surface area contributed by atoms with E-state index in [0.717, 1.165) is 11.5 Å². The van der Waals surface area contributed by atoms with E-state index in [1.807, 2.05) is 11.9 Å². The van der Waals surface area contributed by atoms with E-state index >= 15 is 0 Å². The number of anilines is 1. The van der Waals surface area contributed by atoms with Crippen LogP contribution in [-0.4, -0.2) is 31.3 Å². The highest BCUT2D eigenvalue weighted by Gasteiger charge is 2.21. The number of carbonyl (C=O) groups is 1. The molecule has 2 heterocycles. The summed E-state index contributed by atoms with van der Waals surface area (Å²) < 4.78 is 5.33. The summed E-state index contributed by atoms with van der Waals surface area (Å²) >= 11 is 1.25. The molecule has 1 aliphatic rings. The van der Waals surface area contributed by atoms with Crippen LogP contribution in [0.4, 0.5) is 5.00 Å². The molecule has 0 bridgehead atoms. The van der Waals surface area contributed by atoms with Gasteiger partial charge >= 0.3 is 5.97 Å². The fraction of sp³-hybridized carbons (Fsp3) is 0.375. The zero-order valence-corrected chi connectivity index (χ0v) is 7.93. The number of carboxylic acid groups (broad SMARTS) is 1. The summed E-state index contributed by atoms with van der Waals surface area (Å²) in [6.07, 6.45) is 0. The van der Waals surface area contributed by atoms with Crippen molar-refractivity contribution in [1.82, 2.24) is 0 Å². The zero-order valence-electron chi connectivity index (χ0n) is 7.11. The van der Waals surface area contributed by atoms with Gasteiger partial charge in [-0.1, -0.05) is 0 Å². The van der Waals surface area contributed by atoms with Crippen molar-refractivity contribution in [2.45, 2.75) is 0 Å². The van der Waals surface area contributed by atoms with Gasteiger partial charge in [0, 0.05) is 13.1 Å². The number of carboxylic acids is 1. The number of hydrogen-bond acceptors (Lipinski definition) is 4. The molecule has 0 aliphatic carbocycles. The molecule has 0 fully saturated rings. The van der Waals surface area contributed by atoms with Gasteiger partial charge in [-0.3, -0.25) is 0 Å². The molecule has 0 aromatic carbocycles. The summed E-state index contributed by atoms with van der Waals surface area (Å²) in [7, 11) is 1.93. The summed E-state index contributed by atoms with van der Waals surface area (Å²) in [6.45, 7) is 1.44. The van der Waals surface area contributed by atoms with E-state index in [0.29, 0.717) is 17.2 Å². The molecule has 1 N–H and O–H groups in total. The quantitative estimate of drug-likeness (QED) is 0.740. The topological polar surface area (TPSA) is 49.8 Å². The fourth-order valence-electron chi connectivity index (χ4n) is 1.23. The van der Waals surface area contributed by atoms with Crippen LogP contribution in [0.15, 0.2) is 6.07 Å². The lowest BCUT2D eigenvalue weighted by atomic mass is 10.4. The number of aromatic carboxylic acids is 1. The molecule has 0 saturated heterocycles. The molecule has 70 valence electrons. The molecule has 13 heavy (non-hydrogen) atoms. The monoisotopic (exact) mass is 199 g/mol. The lowest BCUT2D eigenvalue weighted by molar-refractivity contribution is 0.0702. The smallest absolute Gasteiger partial charge is 0.346 e. The standard InChI is InChI=1S/C8H9NO3S/c1-9-2-3-12-5-4-6(8(10)11)13-7(5)9/h4H,2-3H2,1H3,(H,10,11). The van der Waals surface area contributed by atoms with Crippen LogP contribution in [0.5, 0.6) is 5.75 Å². The molecule has 5 heteroatoms. The molecule has 0 unspecified atom stereocenters. The first-order chi connectivity index (χ1) is 6.18. The highest BCUT2D eigenvalue weighted by molar-refractivity contribution is 7.18. The maximum Gasteiger partial charge on any atom is 0.346 e. The van der Waals surface area contributed by atoms with E-state index < -0.39 is 5.97 Å². The van der Waals surface area contributed by atoms with Crippen molar-refractivity contribution in [2.75, 3.05) is 25.1 Å². The van der Waals surface area contributed by atoms with Crippen molar-refractivity contribution in [3.05, 3.63) is 10.9 Å². The van der Waals surface area contributed by atoms with Crippen LogP contribution in [0, 0.1) is 0 Å². The lowest BCUT2D eigenvalue weighted by Gasteiger charge is -2.23. The van der Waals surface area contributed by atoms with E-state index in [4.69, 9.17) is 9.84 Å². The van der Waals surface area contributed by atoms with Crippen molar-refractivity contribution >= 4 is 22.3 Å². The minimum atomic E-state index is -0.892. The molecule has 0 atom stereocenters. The van der Waals surface area contributed by atoms with Crippen molar-refractivity contribution in [2.24, 2.45) is 0 Å². The number of hydrogen-bond donors (Lipinski definition) is 1. The summed E-state index contributed by atoms with van der Waals surface area (Å²) in [6, 6.07) is 1.58. The van der Waals surface area contributed by atoms with E-state index in [1.165, 1.54) is 11.3 Å². The van der Waals surface area contributed by atoms with E-state index in [2.05, 4.69) is 0 Å². The third-order valence-corrected chi connectivity index (χ3v) is 3.14. The van der Waals surface area contributed by atoms with Crippen LogP contribution >= 0.6 is 11.3 Å². The van der Waals surface area contributed by atoms with Crippen LogP contribution in [0.25, 0.3) is 0 Å². The zero-order chi connectivity index (χ0) is 9.42. The number of thiophene rings is 1. The predicted molar refractivity (Wildman–Crippen MR) is 50.0 cm³/mol. The minimum Gasteiger partial charge on any atom is -0.489 e. The summed E-state index contributed by atoms with van der Waals surface area (Å²) in [5, 5.41) is 9.66. The van der Waals surface area contributed by atoms with Crippen LogP contribution in [0.1, 0.15) is 9.67 Å². The van der Waals surface area contributed by atoms with Crippen LogP contribution in [0.2, 0.25) is 0 Å². The Labute approximate surface area is 79.4 Å². The Bertz CT molecular complexity index is 347. The Morgan fingerprint density at radius 1 is 1.77 bits per heavy atom. The van der Waals surface area contributed by atoms with Gasteiger partial charge in [0.25, 0.3) is 0 Å². The second-order valence-electron chi connectivity index (χ2n) is 2.86. The summed E-state index contributed by atoms with van der Waals surface area (Å²) in [4.78, 5) is 13.0. The average Bonchev–Trinajstić information content (AvgIpc) is 2.49. The molecular formula is C8H9NO3S.